The van der Waals surface area contributed by atoms with E-state index in [1.165, 1.54) is 0 Å². The molecule has 0 atom stereocenters. The van der Waals surface area contributed by atoms with Gasteiger partial charge in [-0.3, -0.25) is 10.1 Å². The van der Waals surface area contributed by atoms with Crippen LogP contribution in [0.5, 0.6) is 0 Å². The molecule has 0 heterocycles. The minimum Gasteiger partial charge on any atom is -0.258 e. The van der Waals surface area contributed by atoms with Gasteiger partial charge in [0.15, 0.2) is 0 Å². The van der Waals surface area contributed by atoms with Crippen LogP contribution < -0.4 is 0 Å². The van der Waals surface area contributed by atoms with Gasteiger partial charge in [0, 0.05) is 16.7 Å². The van der Waals surface area contributed by atoms with E-state index in [2.05, 4.69) is 0 Å². The van der Waals surface area contributed by atoms with Crippen LogP contribution in [-0.4, -0.2) is 13.3 Å². The summed E-state index contributed by atoms with van der Waals surface area (Å²) < 4.78 is 59.8. The quantitative estimate of drug-likeness (QED) is 0.478. The van der Waals surface area contributed by atoms with E-state index in [0.29, 0.717) is 6.07 Å². The van der Waals surface area contributed by atoms with Crippen LogP contribution in [0.1, 0.15) is 11.1 Å². The van der Waals surface area contributed by atoms with E-state index in [1.54, 1.807) is 0 Å². The summed E-state index contributed by atoms with van der Waals surface area (Å²) in [5.74, 6) is 0. The van der Waals surface area contributed by atoms with E-state index < -0.39 is 41.9 Å². The molecule has 1 aromatic carbocycles. The highest BCUT2D eigenvalue weighted by Gasteiger charge is 2.41. The smallest absolute Gasteiger partial charge is 0.258 e. The fourth-order valence-electron chi connectivity index (χ4n) is 1.39. The van der Waals surface area contributed by atoms with Gasteiger partial charge in [0.25, 0.3) is 14.7 Å². The summed E-state index contributed by atoms with van der Waals surface area (Å²) in [6.07, 6.45) is -4.96. The maximum atomic E-state index is 12.6. The zero-order chi connectivity index (χ0) is 14.3. The Balaban J connectivity index is 3.73. The fourth-order valence-corrected chi connectivity index (χ4v) is 2.23. The maximum Gasteiger partial charge on any atom is 0.423 e. The van der Waals surface area contributed by atoms with Crippen molar-refractivity contribution in [1.29, 1.82) is 0 Å². The minimum absolute atomic E-state index is 0.290. The second-order valence-electron chi connectivity index (χ2n) is 3.33. The average molecular weight is 304 g/mol. The molecule has 0 spiro atoms. The summed E-state index contributed by atoms with van der Waals surface area (Å²) in [6.45, 7) is 0.918. The van der Waals surface area contributed by atoms with Gasteiger partial charge in [-0.25, -0.2) is 8.42 Å². The van der Waals surface area contributed by atoms with Crippen molar-refractivity contribution in [1.82, 2.24) is 0 Å². The Morgan fingerprint density at radius 3 is 2.17 bits per heavy atom. The highest BCUT2D eigenvalue weighted by Crippen LogP contribution is 2.40. The number of hydrogen-bond donors (Lipinski definition) is 0. The standard InChI is InChI=1S/C8H5ClF3NO4S/c1-4-2-5(18(9,16)17)3-6(13(14)15)7(4)8(10,11)12/h2-3H,1H3. The highest BCUT2D eigenvalue weighted by molar-refractivity contribution is 8.13. The van der Waals surface area contributed by atoms with Crippen molar-refractivity contribution < 1.29 is 26.5 Å². The summed E-state index contributed by atoms with van der Waals surface area (Å²) in [5, 5.41) is 10.6. The molecule has 0 radical (unpaired) electrons. The molecule has 18 heavy (non-hydrogen) atoms. The van der Waals surface area contributed by atoms with Gasteiger partial charge in [-0.15, -0.1) is 0 Å². The van der Waals surface area contributed by atoms with Crippen molar-refractivity contribution in [3.63, 3.8) is 0 Å². The van der Waals surface area contributed by atoms with E-state index >= 15 is 0 Å². The molecule has 0 saturated carbocycles. The number of nitro benzene ring substituents is 1. The van der Waals surface area contributed by atoms with Crippen LogP contribution in [0.15, 0.2) is 17.0 Å². The summed E-state index contributed by atoms with van der Waals surface area (Å²) in [6, 6.07) is 0.927. The van der Waals surface area contributed by atoms with E-state index in [1.807, 2.05) is 0 Å². The molecule has 0 aromatic heterocycles. The Morgan fingerprint density at radius 2 is 1.83 bits per heavy atom. The van der Waals surface area contributed by atoms with Crippen LogP contribution in [0, 0.1) is 17.0 Å². The molecule has 0 saturated heterocycles. The van der Waals surface area contributed by atoms with Crippen molar-refractivity contribution in [3.05, 3.63) is 33.4 Å². The number of aryl methyl sites for hydroxylation is 1. The van der Waals surface area contributed by atoms with Gasteiger partial charge in [0.05, 0.1) is 9.82 Å². The van der Waals surface area contributed by atoms with Crippen LogP contribution in [0.25, 0.3) is 0 Å². The molecule has 1 aromatic rings. The lowest BCUT2D eigenvalue weighted by Gasteiger charge is -2.11. The molecule has 5 nitrogen and oxygen atoms in total. The van der Waals surface area contributed by atoms with Crippen LogP contribution in [0.3, 0.4) is 0 Å². The number of nitro groups is 1. The molecular formula is C8H5ClF3NO4S. The number of alkyl halides is 3. The van der Waals surface area contributed by atoms with Gasteiger partial charge < -0.3 is 0 Å². The van der Waals surface area contributed by atoms with Gasteiger partial charge in [-0.05, 0) is 18.6 Å². The lowest BCUT2D eigenvalue weighted by molar-refractivity contribution is -0.388. The normalized spacial score (nSPS) is 12.5. The van der Waals surface area contributed by atoms with E-state index in [4.69, 9.17) is 10.7 Å². The molecule has 0 N–H and O–H groups in total. The number of hydrogen-bond acceptors (Lipinski definition) is 4. The van der Waals surface area contributed by atoms with Gasteiger partial charge in [-0.2, -0.15) is 13.2 Å². The molecule has 100 valence electrons. The molecule has 0 fully saturated rings. The molecule has 0 aliphatic heterocycles. The lowest BCUT2D eigenvalue weighted by atomic mass is 10.1. The Morgan fingerprint density at radius 1 is 1.33 bits per heavy atom. The van der Waals surface area contributed by atoms with Crippen molar-refractivity contribution in [2.75, 3.05) is 0 Å². The number of nitrogens with zero attached hydrogens (tertiary/aromatic N) is 1. The van der Waals surface area contributed by atoms with Crippen LogP contribution in [-0.2, 0) is 15.2 Å². The lowest BCUT2D eigenvalue weighted by Crippen LogP contribution is -2.12. The van der Waals surface area contributed by atoms with Crippen molar-refractivity contribution >= 4 is 25.4 Å². The molecule has 0 amide bonds. The number of benzene rings is 1. The van der Waals surface area contributed by atoms with Crippen LogP contribution in [0.4, 0.5) is 18.9 Å². The first kappa shape index (κ1) is 14.7. The Labute approximate surface area is 104 Å². The molecular weight excluding hydrogens is 299 g/mol. The minimum atomic E-state index is -4.96. The van der Waals surface area contributed by atoms with Crippen molar-refractivity contribution in [2.24, 2.45) is 0 Å². The molecule has 0 bridgehead atoms. The van der Waals surface area contributed by atoms with Gasteiger partial charge >= 0.3 is 6.18 Å². The summed E-state index contributed by atoms with van der Waals surface area (Å²) in [5.41, 5.74) is -3.42. The van der Waals surface area contributed by atoms with Crippen molar-refractivity contribution in [2.45, 2.75) is 18.0 Å². The Kier molecular flexibility index (Phi) is 3.59. The number of halogens is 4. The average Bonchev–Trinajstić information content (AvgIpc) is 2.12. The van der Waals surface area contributed by atoms with Crippen molar-refractivity contribution in [3.8, 4) is 0 Å². The fraction of sp³-hybridized carbons (Fsp3) is 0.250. The second kappa shape index (κ2) is 4.39. The predicted octanol–water partition coefficient (Wildman–Crippen LogP) is 2.85. The van der Waals surface area contributed by atoms with E-state index in [0.717, 1.165) is 6.92 Å². The first-order valence-electron chi connectivity index (χ1n) is 4.25. The largest absolute Gasteiger partial charge is 0.423 e. The first-order chi connectivity index (χ1) is 7.94. The summed E-state index contributed by atoms with van der Waals surface area (Å²) in [4.78, 5) is 8.51. The topological polar surface area (TPSA) is 77.3 Å². The Hall–Kier alpha value is -1.35. The second-order valence-corrected chi connectivity index (χ2v) is 5.89. The molecule has 0 aliphatic carbocycles. The van der Waals surface area contributed by atoms with Gasteiger partial charge in [-0.1, -0.05) is 0 Å². The third-order valence-corrected chi connectivity index (χ3v) is 3.38. The van der Waals surface area contributed by atoms with Gasteiger partial charge in [0.1, 0.15) is 5.56 Å². The van der Waals surface area contributed by atoms with E-state index in [-0.39, 0.29) is 6.07 Å². The number of rotatable bonds is 2. The SMILES string of the molecule is Cc1cc(S(=O)(=O)Cl)cc([N+](=O)[O-])c1C(F)(F)F. The highest BCUT2D eigenvalue weighted by atomic mass is 35.7. The summed E-state index contributed by atoms with van der Waals surface area (Å²) >= 11 is 0. The molecule has 0 aliphatic rings. The maximum absolute atomic E-state index is 12.6. The monoisotopic (exact) mass is 303 g/mol. The third kappa shape index (κ3) is 2.91. The molecule has 10 heteroatoms. The zero-order valence-electron chi connectivity index (χ0n) is 8.66. The predicted molar refractivity (Wildman–Crippen MR) is 55.9 cm³/mol. The van der Waals surface area contributed by atoms with Crippen LogP contribution in [0.2, 0.25) is 0 Å². The Bertz CT molecular complexity index is 612. The molecule has 1 rings (SSSR count). The zero-order valence-corrected chi connectivity index (χ0v) is 10.2. The third-order valence-electron chi connectivity index (χ3n) is 2.05. The molecule has 0 unspecified atom stereocenters. The van der Waals surface area contributed by atoms with Gasteiger partial charge in [0.2, 0.25) is 0 Å². The van der Waals surface area contributed by atoms with Crippen LogP contribution >= 0.6 is 10.7 Å². The first-order valence-corrected chi connectivity index (χ1v) is 6.56. The van der Waals surface area contributed by atoms with E-state index in [9.17, 15) is 31.7 Å². The summed E-state index contributed by atoms with van der Waals surface area (Å²) in [7, 11) is 0.599.